The molecule has 0 aliphatic heterocycles. The third-order valence-electron chi connectivity index (χ3n) is 1.69. The van der Waals surface area contributed by atoms with Gasteiger partial charge in [-0.3, -0.25) is 0 Å². The lowest BCUT2D eigenvalue weighted by Gasteiger charge is -2.03. The molecule has 0 saturated carbocycles. The second kappa shape index (κ2) is 3.77. The largest absolute Gasteiger partial charge is 0.368 e. The van der Waals surface area contributed by atoms with E-state index in [4.69, 9.17) is 5.73 Å². The smallest absolute Gasteiger partial charge is 0.267 e. The van der Waals surface area contributed by atoms with Crippen molar-refractivity contribution in [1.29, 1.82) is 0 Å². The van der Waals surface area contributed by atoms with E-state index in [-0.39, 0.29) is 16.8 Å². The molecule has 84 valence electrons. The van der Waals surface area contributed by atoms with Crippen molar-refractivity contribution in [2.24, 2.45) is 0 Å². The van der Waals surface area contributed by atoms with E-state index in [0.717, 1.165) is 12.4 Å². The molecular weight excluding hydrogens is 232 g/mol. The van der Waals surface area contributed by atoms with E-state index in [1.165, 1.54) is 12.4 Å². The molecule has 2 heterocycles. The van der Waals surface area contributed by atoms with Gasteiger partial charge in [0.25, 0.3) is 10.0 Å². The number of nitrogens with two attached hydrogens (primary N) is 1. The summed E-state index contributed by atoms with van der Waals surface area (Å²) in [5.41, 5.74) is 5.25. The lowest BCUT2D eigenvalue weighted by atomic mass is 10.7. The lowest BCUT2D eigenvalue weighted by molar-refractivity contribution is 0.600. The highest BCUT2D eigenvalue weighted by Gasteiger charge is 2.15. The summed E-state index contributed by atoms with van der Waals surface area (Å²) in [5.74, 6) is 0.133. The molecule has 2 aromatic heterocycles. The van der Waals surface area contributed by atoms with Crippen molar-refractivity contribution in [2.75, 3.05) is 10.5 Å². The maximum atomic E-state index is 11.7. The summed E-state index contributed by atoms with van der Waals surface area (Å²) >= 11 is 0. The van der Waals surface area contributed by atoms with Crippen LogP contribution in [0.5, 0.6) is 0 Å². The first-order valence-electron chi connectivity index (χ1n) is 4.18. The summed E-state index contributed by atoms with van der Waals surface area (Å²) in [6.07, 6.45) is 5.16. The Bertz CT molecular complexity index is 561. The molecule has 0 fully saturated rings. The molecule has 0 bridgehead atoms. The van der Waals surface area contributed by atoms with Crippen molar-refractivity contribution < 1.29 is 8.42 Å². The Morgan fingerprint density at radius 2 is 1.94 bits per heavy atom. The summed E-state index contributed by atoms with van der Waals surface area (Å²) in [6, 6.07) is 0. The Hall–Kier alpha value is -2.16. The maximum Gasteiger partial charge on any atom is 0.267 e. The summed E-state index contributed by atoms with van der Waals surface area (Å²) in [7, 11) is -3.72. The number of rotatable bonds is 3. The lowest BCUT2D eigenvalue weighted by Crippen LogP contribution is -2.14. The van der Waals surface area contributed by atoms with Gasteiger partial charge in [0.15, 0.2) is 0 Å². The van der Waals surface area contributed by atoms with Gasteiger partial charge in [-0.1, -0.05) is 0 Å². The molecule has 0 aliphatic carbocycles. The Balaban J connectivity index is 2.29. The van der Waals surface area contributed by atoms with Crippen LogP contribution >= 0.6 is 0 Å². The molecule has 0 aromatic carbocycles. The molecule has 0 aliphatic rings. The monoisotopic (exact) mass is 240 g/mol. The number of sulfonamides is 1. The molecule has 9 heteroatoms. The van der Waals surface area contributed by atoms with Crippen LogP contribution < -0.4 is 10.5 Å². The van der Waals surface area contributed by atoms with Gasteiger partial charge < -0.3 is 10.7 Å². The number of aromatic amines is 1. The van der Waals surface area contributed by atoms with Gasteiger partial charge in [-0.05, 0) is 0 Å². The van der Waals surface area contributed by atoms with E-state index in [0.29, 0.717) is 0 Å². The van der Waals surface area contributed by atoms with Crippen molar-refractivity contribution in [3.05, 3.63) is 24.8 Å². The van der Waals surface area contributed by atoms with Crippen molar-refractivity contribution in [3.8, 4) is 0 Å². The van der Waals surface area contributed by atoms with Gasteiger partial charge in [0.1, 0.15) is 4.90 Å². The molecule has 0 radical (unpaired) electrons. The number of hydrogen-bond donors (Lipinski definition) is 3. The topological polar surface area (TPSA) is 127 Å². The first-order valence-corrected chi connectivity index (χ1v) is 5.66. The van der Waals surface area contributed by atoms with Crippen LogP contribution in [-0.2, 0) is 10.0 Å². The molecule has 16 heavy (non-hydrogen) atoms. The Morgan fingerprint density at radius 1 is 1.25 bits per heavy atom. The SMILES string of the molecule is Nc1ncc(S(=O)(=O)Nc2ncc[nH]2)cn1. The number of hydrogen-bond acceptors (Lipinski definition) is 6. The minimum Gasteiger partial charge on any atom is -0.368 e. The minimum absolute atomic E-state index is 0.0111. The van der Waals surface area contributed by atoms with E-state index in [2.05, 4.69) is 24.7 Å². The molecule has 4 N–H and O–H groups in total. The normalized spacial score (nSPS) is 11.2. The van der Waals surface area contributed by atoms with Crippen LogP contribution in [0, 0.1) is 0 Å². The van der Waals surface area contributed by atoms with Crippen molar-refractivity contribution >= 4 is 21.9 Å². The van der Waals surface area contributed by atoms with Gasteiger partial charge in [-0.2, -0.15) is 0 Å². The van der Waals surface area contributed by atoms with Gasteiger partial charge >= 0.3 is 0 Å². The summed E-state index contributed by atoms with van der Waals surface area (Å²) < 4.78 is 25.7. The van der Waals surface area contributed by atoms with Crippen LogP contribution in [-0.4, -0.2) is 28.4 Å². The highest BCUT2D eigenvalue weighted by Crippen LogP contribution is 2.10. The number of anilines is 2. The third kappa shape index (κ3) is 2.08. The molecule has 2 rings (SSSR count). The number of nitrogen functional groups attached to an aromatic ring is 1. The van der Waals surface area contributed by atoms with E-state index in [9.17, 15) is 8.42 Å². The van der Waals surface area contributed by atoms with Crippen molar-refractivity contribution in [3.63, 3.8) is 0 Å². The van der Waals surface area contributed by atoms with Gasteiger partial charge in [0.2, 0.25) is 11.9 Å². The van der Waals surface area contributed by atoms with Crippen LogP contribution in [0.4, 0.5) is 11.9 Å². The van der Waals surface area contributed by atoms with Crippen LogP contribution in [0.3, 0.4) is 0 Å². The van der Waals surface area contributed by atoms with Crippen LogP contribution in [0.15, 0.2) is 29.7 Å². The quantitative estimate of drug-likeness (QED) is 0.668. The second-order valence-corrected chi connectivity index (χ2v) is 4.50. The van der Waals surface area contributed by atoms with Gasteiger partial charge in [-0.25, -0.2) is 28.1 Å². The zero-order chi connectivity index (χ0) is 11.6. The van der Waals surface area contributed by atoms with Crippen molar-refractivity contribution in [1.82, 2.24) is 19.9 Å². The van der Waals surface area contributed by atoms with Crippen LogP contribution in [0.1, 0.15) is 0 Å². The number of imidazole rings is 1. The number of nitrogens with zero attached hydrogens (tertiary/aromatic N) is 3. The maximum absolute atomic E-state index is 11.7. The average Bonchev–Trinajstić information content (AvgIpc) is 2.70. The number of nitrogens with one attached hydrogen (secondary N) is 2. The minimum atomic E-state index is -3.72. The summed E-state index contributed by atoms with van der Waals surface area (Å²) in [5, 5.41) is 0. The number of H-pyrrole nitrogens is 1. The highest BCUT2D eigenvalue weighted by atomic mass is 32.2. The van der Waals surface area contributed by atoms with E-state index in [1.807, 2.05) is 0 Å². The molecule has 2 aromatic rings. The summed E-state index contributed by atoms with van der Waals surface area (Å²) in [6.45, 7) is 0. The molecular formula is C7H8N6O2S. The van der Waals surface area contributed by atoms with Gasteiger partial charge in [-0.15, -0.1) is 0 Å². The first-order chi connectivity index (χ1) is 7.58. The predicted molar refractivity (Wildman–Crippen MR) is 55.8 cm³/mol. The fraction of sp³-hybridized carbons (Fsp3) is 0. The fourth-order valence-electron chi connectivity index (χ4n) is 0.972. The second-order valence-electron chi connectivity index (χ2n) is 2.82. The van der Waals surface area contributed by atoms with Crippen LogP contribution in [0.25, 0.3) is 0 Å². The zero-order valence-corrected chi connectivity index (χ0v) is 8.77. The number of aromatic nitrogens is 4. The first kappa shape index (κ1) is 10.4. The Morgan fingerprint density at radius 3 is 2.50 bits per heavy atom. The van der Waals surface area contributed by atoms with Crippen LogP contribution in [0.2, 0.25) is 0 Å². The Labute approximate surface area is 91.0 Å². The zero-order valence-electron chi connectivity index (χ0n) is 7.95. The standard InChI is InChI=1S/C7H8N6O2S/c8-6-11-3-5(4-12-6)16(14,15)13-7-9-1-2-10-7/h1-4H,(H2,8,11,12)(H2,9,10,13). The average molecular weight is 240 g/mol. The molecule has 0 saturated heterocycles. The molecule has 0 atom stereocenters. The van der Waals surface area contributed by atoms with Gasteiger partial charge in [0.05, 0.1) is 12.4 Å². The van der Waals surface area contributed by atoms with E-state index < -0.39 is 10.0 Å². The molecule has 0 amide bonds. The molecule has 8 nitrogen and oxygen atoms in total. The molecule has 0 spiro atoms. The fourth-order valence-corrected chi connectivity index (χ4v) is 1.84. The Kier molecular flexibility index (Phi) is 2.44. The summed E-state index contributed by atoms with van der Waals surface area (Å²) in [4.78, 5) is 13.4. The highest BCUT2D eigenvalue weighted by molar-refractivity contribution is 7.92. The van der Waals surface area contributed by atoms with Gasteiger partial charge in [0, 0.05) is 12.4 Å². The molecule has 0 unspecified atom stereocenters. The van der Waals surface area contributed by atoms with Crippen molar-refractivity contribution in [2.45, 2.75) is 4.90 Å². The predicted octanol–water partition coefficient (Wildman–Crippen LogP) is -0.417. The van der Waals surface area contributed by atoms with E-state index >= 15 is 0 Å². The third-order valence-corrected chi connectivity index (χ3v) is 2.98. The van der Waals surface area contributed by atoms with E-state index in [1.54, 1.807) is 0 Å².